The third-order valence-corrected chi connectivity index (χ3v) is 4.91. The number of nitro groups is 1. The van der Waals surface area contributed by atoms with Crippen molar-refractivity contribution >= 4 is 39.4 Å². The topological polar surface area (TPSA) is 117 Å². The van der Waals surface area contributed by atoms with Crippen molar-refractivity contribution in [3.05, 3.63) is 67.1 Å². The summed E-state index contributed by atoms with van der Waals surface area (Å²) in [7, 11) is 0. The van der Waals surface area contributed by atoms with E-state index >= 15 is 0 Å². The first kappa shape index (κ1) is 18.4. The fraction of sp³-hybridized carbons (Fsp3) is 0.176. The van der Waals surface area contributed by atoms with Crippen LogP contribution < -0.4 is 5.56 Å². The number of nitro benzene ring substituents is 1. The summed E-state index contributed by atoms with van der Waals surface area (Å²) < 4.78 is 6.05. The molecule has 3 aromatic rings. The van der Waals surface area contributed by atoms with Crippen LogP contribution in [0.2, 0.25) is 0 Å². The van der Waals surface area contributed by atoms with Gasteiger partial charge in [0.25, 0.3) is 11.2 Å². The number of carbonyl (C=O) groups is 1. The lowest BCUT2D eigenvalue weighted by molar-refractivity contribution is -0.384. The van der Waals surface area contributed by atoms with Gasteiger partial charge in [-0.1, -0.05) is 0 Å². The Morgan fingerprint density at radius 2 is 2.11 bits per heavy atom. The highest BCUT2D eigenvalue weighted by Gasteiger charge is 2.20. The molecule has 138 valence electrons. The highest BCUT2D eigenvalue weighted by molar-refractivity contribution is 7.20. The molecule has 0 aliphatic rings. The zero-order valence-electron chi connectivity index (χ0n) is 14.4. The normalized spacial score (nSPS) is 11.2. The van der Waals surface area contributed by atoms with Crippen molar-refractivity contribution < 1.29 is 14.5 Å². The zero-order chi connectivity index (χ0) is 19.6. The van der Waals surface area contributed by atoms with Crippen LogP contribution in [0.1, 0.15) is 27.7 Å². The minimum Gasteiger partial charge on any atom is -0.462 e. The maximum absolute atomic E-state index is 12.7. The Morgan fingerprint density at radius 1 is 1.41 bits per heavy atom. The Labute approximate surface area is 156 Å². The number of carbonyl (C=O) groups excluding carboxylic acids is 1. The zero-order valence-corrected chi connectivity index (χ0v) is 15.2. The molecule has 2 heterocycles. The predicted octanol–water partition coefficient (Wildman–Crippen LogP) is 2.73. The van der Waals surface area contributed by atoms with Gasteiger partial charge < -0.3 is 4.74 Å². The van der Waals surface area contributed by atoms with Crippen molar-refractivity contribution in [2.75, 3.05) is 6.61 Å². The second kappa shape index (κ2) is 7.46. The largest absolute Gasteiger partial charge is 0.462 e. The lowest BCUT2D eigenvalue weighted by Crippen LogP contribution is -2.17. The number of hydrogen-bond donors (Lipinski definition) is 0. The Kier molecular flexibility index (Phi) is 5.08. The average molecular weight is 386 g/mol. The number of esters is 1. The molecule has 10 heteroatoms. The number of aromatic nitrogens is 2. The molecule has 0 radical (unpaired) electrons. The van der Waals surface area contributed by atoms with Crippen molar-refractivity contribution in [1.29, 1.82) is 0 Å². The molecule has 0 saturated carbocycles. The highest BCUT2D eigenvalue weighted by Crippen LogP contribution is 2.27. The lowest BCUT2D eigenvalue weighted by Gasteiger charge is -2.00. The van der Waals surface area contributed by atoms with Gasteiger partial charge in [-0.3, -0.25) is 14.9 Å². The fourth-order valence-corrected chi connectivity index (χ4v) is 3.43. The van der Waals surface area contributed by atoms with Gasteiger partial charge in [0, 0.05) is 12.1 Å². The molecule has 3 rings (SSSR count). The van der Waals surface area contributed by atoms with Gasteiger partial charge in [0.1, 0.15) is 16.0 Å². The maximum atomic E-state index is 12.7. The van der Waals surface area contributed by atoms with Gasteiger partial charge in [-0.05, 0) is 37.1 Å². The highest BCUT2D eigenvalue weighted by atomic mass is 32.1. The van der Waals surface area contributed by atoms with E-state index < -0.39 is 16.5 Å². The lowest BCUT2D eigenvalue weighted by atomic mass is 10.2. The van der Waals surface area contributed by atoms with E-state index in [1.807, 2.05) is 0 Å². The smallest absolute Gasteiger partial charge is 0.348 e. The first-order chi connectivity index (χ1) is 12.9. The van der Waals surface area contributed by atoms with E-state index in [4.69, 9.17) is 4.74 Å². The van der Waals surface area contributed by atoms with E-state index in [1.54, 1.807) is 13.8 Å². The number of rotatable bonds is 5. The Morgan fingerprint density at radius 3 is 2.74 bits per heavy atom. The molecule has 0 unspecified atom stereocenters. The van der Waals surface area contributed by atoms with Crippen molar-refractivity contribution in [1.82, 2.24) is 9.66 Å². The van der Waals surface area contributed by atoms with Crippen molar-refractivity contribution in [2.45, 2.75) is 13.8 Å². The molecule has 0 aliphatic carbocycles. The minimum absolute atomic E-state index is 0.0344. The quantitative estimate of drug-likeness (QED) is 0.288. The van der Waals surface area contributed by atoms with Gasteiger partial charge >= 0.3 is 5.97 Å². The summed E-state index contributed by atoms with van der Waals surface area (Å²) in [5, 5.41) is 15.0. The predicted molar refractivity (Wildman–Crippen MR) is 101 cm³/mol. The van der Waals surface area contributed by atoms with Crippen LogP contribution >= 0.6 is 11.3 Å². The number of nitrogens with zero attached hydrogens (tertiary/aromatic N) is 4. The molecule has 0 atom stereocenters. The van der Waals surface area contributed by atoms with E-state index in [2.05, 4.69) is 10.1 Å². The van der Waals surface area contributed by atoms with Crippen LogP contribution in [0.4, 0.5) is 5.69 Å². The molecule has 1 aromatic carbocycles. The second-order valence-electron chi connectivity index (χ2n) is 5.44. The van der Waals surface area contributed by atoms with Gasteiger partial charge in [0.15, 0.2) is 0 Å². The molecule has 0 bridgehead atoms. The van der Waals surface area contributed by atoms with Crippen LogP contribution in [0.25, 0.3) is 10.2 Å². The van der Waals surface area contributed by atoms with Crippen LogP contribution in [-0.2, 0) is 4.74 Å². The molecular weight excluding hydrogens is 372 g/mol. The van der Waals surface area contributed by atoms with Crippen LogP contribution in [0.3, 0.4) is 0 Å². The first-order valence-corrected chi connectivity index (χ1v) is 8.70. The van der Waals surface area contributed by atoms with Crippen molar-refractivity contribution in [3.63, 3.8) is 0 Å². The van der Waals surface area contributed by atoms with Gasteiger partial charge in [-0.2, -0.15) is 9.78 Å². The molecule has 0 spiro atoms. The summed E-state index contributed by atoms with van der Waals surface area (Å²) in [5.41, 5.74) is 0.642. The molecule has 27 heavy (non-hydrogen) atoms. The average Bonchev–Trinajstić information content (AvgIpc) is 2.99. The first-order valence-electron chi connectivity index (χ1n) is 7.89. The monoisotopic (exact) mass is 386 g/mol. The molecule has 2 aromatic heterocycles. The summed E-state index contributed by atoms with van der Waals surface area (Å²) >= 11 is 1.10. The molecule has 0 saturated heterocycles. The third kappa shape index (κ3) is 3.60. The number of thiophene rings is 1. The Balaban J connectivity index is 1.97. The second-order valence-corrected chi connectivity index (χ2v) is 6.44. The van der Waals surface area contributed by atoms with E-state index in [0.29, 0.717) is 26.2 Å². The van der Waals surface area contributed by atoms with Crippen LogP contribution in [0.5, 0.6) is 0 Å². The minimum atomic E-state index is -0.496. The van der Waals surface area contributed by atoms with Crippen LogP contribution in [-0.4, -0.2) is 33.4 Å². The van der Waals surface area contributed by atoms with Crippen molar-refractivity contribution in [3.8, 4) is 0 Å². The number of ether oxygens (including phenoxy) is 1. The molecule has 9 nitrogen and oxygen atoms in total. The van der Waals surface area contributed by atoms with Crippen molar-refractivity contribution in [2.24, 2.45) is 5.10 Å². The van der Waals surface area contributed by atoms with Gasteiger partial charge in [0.2, 0.25) is 0 Å². The number of aryl methyl sites for hydroxylation is 1. The van der Waals surface area contributed by atoms with Gasteiger partial charge in [0.05, 0.1) is 23.1 Å². The summed E-state index contributed by atoms with van der Waals surface area (Å²) in [5.74, 6) is -0.488. The van der Waals surface area contributed by atoms with Gasteiger partial charge in [-0.15, -0.1) is 11.3 Å². The van der Waals surface area contributed by atoms with Crippen LogP contribution in [0, 0.1) is 17.0 Å². The number of hydrogen-bond acceptors (Lipinski definition) is 8. The summed E-state index contributed by atoms with van der Waals surface area (Å²) in [6.07, 6.45) is 2.66. The Hall–Kier alpha value is -3.40. The van der Waals surface area contributed by atoms with E-state index in [-0.39, 0.29) is 12.3 Å². The number of benzene rings is 1. The third-order valence-electron chi connectivity index (χ3n) is 3.73. The van der Waals surface area contributed by atoms with E-state index in [1.165, 1.54) is 36.8 Å². The van der Waals surface area contributed by atoms with Crippen LogP contribution in [0.15, 0.2) is 40.5 Å². The summed E-state index contributed by atoms with van der Waals surface area (Å²) in [4.78, 5) is 39.8. The number of fused-ring (bicyclic) bond motifs is 1. The maximum Gasteiger partial charge on any atom is 0.348 e. The summed E-state index contributed by atoms with van der Waals surface area (Å²) in [6.45, 7) is 3.61. The SMILES string of the molecule is CCOC(=O)c1sc2ncn(/N=C/c3ccc([N+](=O)[O-])cc3)c(=O)c2c1C. The number of non-ortho nitro benzene ring substituents is 1. The molecular formula is C17H14N4O5S. The fourth-order valence-electron chi connectivity index (χ4n) is 2.40. The standard InChI is InChI=1S/C17H14N4O5S/c1-3-26-17(23)14-10(2)13-15(27-14)18-9-20(16(13)22)19-8-11-4-6-12(7-5-11)21(24)25/h4-9H,3H2,1-2H3/b19-8+. The molecule has 0 amide bonds. The van der Waals surface area contributed by atoms with E-state index in [9.17, 15) is 19.7 Å². The molecule has 0 fully saturated rings. The van der Waals surface area contributed by atoms with E-state index in [0.717, 1.165) is 16.0 Å². The van der Waals surface area contributed by atoms with Gasteiger partial charge in [-0.25, -0.2) is 9.78 Å². The molecule has 0 N–H and O–H groups in total. The molecule has 0 aliphatic heterocycles. The summed E-state index contributed by atoms with van der Waals surface area (Å²) in [6, 6.07) is 5.74. The Bertz CT molecular complexity index is 1110.